The number of hydrogen-bond acceptors (Lipinski definition) is 2. The normalized spacial score (nSPS) is 10.8. The molecule has 106 valence electrons. The fourth-order valence-electron chi connectivity index (χ4n) is 2.40. The van der Waals surface area contributed by atoms with Crippen molar-refractivity contribution in [2.45, 2.75) is 23.7 Å². The molecule has 0 bridgehead atoms. The second kappa shape index (κ2) is 7.36. The van der Waals surface area contributed by atoms with Gasteiger partial charge < -0.3 is 11.5 Å². The molecule has 0 spiro atoms. The highest BCUT2D eigenvalue weighted by Crippen LogP contribution is 2.33. The largest absolute Gasteiger partial charge is 0.326 e. The minimum absolute atomic E-state index is 0.526. The molecule has 0 unspecified atom stereocenters. The molecule has 0 fully saturated rings. The molecule has 0 radical (unpaired) electrons. The molecule has 4 N–H and O–H groups in total. The summed E-state index contributed by atoms with van der Waals surface area (Å²) in [7, 11) is 0. The molecule has 0 atom stereocenters. The van der Waals surface area contributed by atoms with Crippen LogP contribution in [0.3, 0.4) is 0 Å². The molecule has 2 nitrogen and oxygen atoms in total. The Balaban J connectivity index is 2.72. The molecule has 0 heterocycles. The summed E-state index contributed by atoms with van der Waals surface area (Å²) in [6, 6.07) is 12.7. The average molecular weight is 398 g/mol. The lowest BCUT2D eigenvalue weighted by molar-refractivity contribution is 1.05. The number of nitrogens with two attached hydrogens (primary N) is 2. The van der Waals surface area contributed by atoms with Crippen LogP contribution >= 0.6 is 31.9 Å². The Morgan fingerprint density at radius 1 is 0.800 bits per heavy atom. The van der Waals surface area contributed by atoms with Gasteiger partial charge in [0.2, 0.25) is 0 Å². The van der Waals surface area contributed by atoms with Gasteiger partial charge in [0.1, 0.15) is 0 Å². The zero-order chi connectivity index (χ0) is 14.5. The van der Waals surface area contributed by atoms with Gasteiger partial charge in [0.15, 0.2) is 0 Å². The molecule has 2 rings (SSSR count). The molecule has 0 aliphatic heterocycles. The van der Waals surface area contributed by atoms with Crippen molar-refractivity contribution in [2.24, 2.45) is 11.5 Å². The monoisotopic (exact) mass is 396 g/mol. The molecule has 0 saturated heterocycles. The Bertz CT molecular complexity index is 575. The van der Waals surface area contributed by atoms with Crippen molar-refractivity contribution in [1.82, 2.24) is 0 Å². The van der Waals surface area contributed by atoms with E-state index in [-0.39, 0.29) is 0 Å². The van der Waals surface area contributed by atoms with Gasteiger partial charge in [-0.05, 0) is 39.4 Å². The van der Waals surface area contributed by atoms with Crippen LogP contribution in [-0.4, -0.2) is 0 Å². The van der Waals surface area contributed by atoms with Crippen LogP contribution < -0.4 is 11.5 Å². The van der Waals surface area contributed by atoms with E-state index >= 15 is 0 Å². The highest BCUT2D eigenvalue weighted by Gasteiger charge is 2.13. The average Bonchev–Trinajstić information content (AvgIpc) is 2.53. The first-order chi connectivity index (χ1) is 9.74. The van der Waals surface area contributed by atoms with E-state index < -0.39 is 0 Å². The molecule has 20 heavy (non-hydrogen) atoms. The first-order valence-electron chi connectivity index (χ1n) is 6.50. The van der Waals surface area contributed by atoms with Gasteiger partial charge >= 0.3 is 0 Å². The van der Waals surface area contributed by atoms with Crippen LogP contribution in [0.5, 0.6) is 0 Å². The van der Waals surface area contributed by atoms with Crippen LogP contribution in [0, 0.1) is 0 Å². The van der Waals surface area contributed by atoms with E-state index in [1.165, 1.54) is 22.3 Å². The lowest BCUT2D eigenvalue weighted by atomic mass is 9.90. The van der Waals surface area contributed by atoms with Gasteiger partial charge in [0, 0.05) is 23.7 Å². The van der Waals surface area contributed by atoms with Crippen LogP contribution in [0.25, 0.3) is 11.1 Å². The molecule has 0 aliphatic carbocycles. The van der Waals surface area contributed by atoms with Gasteiger partial charge in [-0.2, -0.15) is 0 Å². The molecule has 0 aliphatic rings. The Morgan fingerprint density at radius 3 is 2.10 bits per heavy atom. The van der Waals surface area contributed by atoms with E-state index in [0.717, 1.165) is 21.8 Å². The van der Waals surface area contributed by atoms with Crippen LogP contribution in [-0.2, 0) is 23.7 Å². The maximum Gasteiger partial charge on any atom is 0.0289 e. The maximum atomic E-state index is 5.92. The zero-order valence-electron chi connectivity index (χ0n) is 11.2. The Hall–Kier alpha value is -0.680. The fraction of sp³-hybridized carbons (Fsp3) is 0.250. The highest BCUT2D eigenvalue weighted by atomic mass is 79.9. The van der Waals surface area contributed by atoms with Crippen LogP contribution in [0.4, 0.5) is 0 Å². The zero-order valence-corrected chi connectivity index (χ0v) is 14.4. The smallest absolute Gasteiger partial charge is 0.0289 e. The third-order valence-electron chi connectivity index (χ3n) is 3.42. The van der Waals surface area contributed by atoms with Crippen LogP contribution in [0.15, 0.2) is 36.4 Å². The van der Waals surface area contributed by atoms with Gasteiger partial charge in [0.25, 0.3) is 0 Å². The molecule has 4 heteroatoms. The first kappa shape index (κ1) is 15.7. The number of alkyl halides is 2. The van der Waals surface area contributed by atoms with Crippen molar-refractivity contribution in [3.8, 4) is 11.1 Å². The highest BCUT2D eigenvalue weighted by molar-refractivity contribution is 9.08. The van der Waals surface area contributed by atoms with E-state index in [2.05, 4.69) is 68.3 Å². The predicted octanol–water partition coefficient (Wildman–Crippen LogP) is 4.06. The van der Waals surface area contributed by atoms with E-state index in [0.29, 0.717) is 13.1 Å². The molecular weight excluding hydrogens is 380 g/mol. The summed E-state index contributed by atoms with van der Waals surface area (Å²) in [5, 5.41) is 1.64. The third-order valence-corrected chi connectivity index (χ3v) is 4.67. The quantitative estimate of drug-likeness (QED) is 0.747. The van der Waals surface area contributed by atoms with Crippen molar-refractivity contribution >= 4 is 31.9 Å². The SMILES string of the molecule is NCc1ccc(CBr)cc1-c1c(CN)cccc1CBr. The molecule has 0 aromatic heterocycles. The predicted molar refractivity (Wildman–Crippen MR) is 92.9 cm³/mol. The van der Waals surface area contributed by atoms with Crippen molar-refractivity contribution < 1.29 is 0 Å². The summed E-state index contributed by atoms with van der Waals surface area (Å²) < 4.78 is 0. The van der Waals surface area contributed by atoms with Crippen LogP contribution in [0.1, 0.15) is 22.3 Å². The first-order valence-corrected chi connectivity index (χ1v) is 8.74. The van der Waals surface area contributed by atoms with Crippen molar-refractivity contribution in [3.63, 3.8) is 0 Å². The standard InChI is InChI=1S/C16H18Br2N2/c17-7-11-4-5-13(9-19)15(6-11)16-12(8-18)2-1-3-14(16)10-20/h1-6H,7-10,19-20H2. The Morgan fingerprint density at radius 2 is 1.50 bits per heavy atom. The third kappa shape index (κ3) is 3.14. The second-order valence-electron chi connectivity index (χ2n) is 4.62. The molecule has 2 aromatic rings. The molecule has 2 aromatic carbocycles. The second-order valence-corrected chi connectivity index (χ2v) is 5.74. The summed E-state index contributed by atoms with van der Waals surface area (Å²) >= 11 is 7.09. The molecule has 0 saturated carbocycles. The Labute approximate surface area is 136 Å². The van der Waals surface area contributed by atoms with Gasteiger partial charge in [-0.15, -0.1) is 0 Å². The molecule has 0 amide bonds. The van der Waals surface area contributed by atoms with E-state index in [1.807, 2.05) is 0 Å². The van der Waals surface area contributed by atoms with Crippen molar-refractivity contribution in [1.29, 1.82) is 0 Å². The fourth-order valence-corrected chi connectivity index (χ4v) is 3.21. The number of halogens is 2. The van der Waals surface area contributed by atoms with Crippen LogP contribution in [0.2, 0.25) is 0 Å². The van der Waals surface area contributed by atoms with Gasteiger partial charge in [0.05, 0.1) is 0 Å². The van der Waals surface area contributed by atoms with Gasteiger partial charge in [-0.3, -0.25) is 0 Å². The van der Waals surface area contributed by atoms with Gasteiger partial charge in [-0.1, -0.05) is 62.2 Å². The summed E-state index contributed by atoms with van der Waals surface area (Å²) in [6.45, 7) is 1.05. The lowest BCUT2D eigenvalue weighted by Gasteiger charge is -2.17. The number of hydrogen-bond donors (Lipinski definition) is 2. The summed E-state index contributed by atoms with van der Waals surface area (Å²) in [5.41, 5.74) is 19.0. The van der Waals surface area contributed by atoms with Crippen molar-refractivity contribution in [3.05, 3.63) is 58.7 Å². The topological polar surface area (TPSA) is 52.0 Å². The maximum absolute atomic E-state index is 5.92. The summed E-state index contributed by atoms with van der Waals surface area (Å²) in [6.07, 6.45) is 0. The minimum Gasteiger partial charge on any atom is -0.326 e. The lowest BCUT2D eigenvalue weighted by Crippen LogP contribution is -2.05. The number of rotatable bonds is 5. The molecular formula is C16H18Br2N2. The number of benzene rings is 2. The Kier molecular flexibility index (Phi) is 5.78. The summed E-state index contributed by atoms with van der Waals surface area (Å²) in [4.78, 5) is 0. The summed E-state index contributed by atoms with van der Waals surface area (Å²) in [5.74, 6) is 0. The minimum atomic E-state index is 0.526. The van der Waals surface area contributed by atoms with E-state index in [4.69, 9.17) is 11.5 Å². The van der Waals surface area contributed by atoms with E-state index in [1.54, 1.807) is 0 Å². The van der Waals surface area contributed by atoms with Gasteiger partial charge in [-0.25, -0.2) is 0 Å². The van der Waals surface area contributed by atoms with E-state index in [9.17, 15) is 0 Å². The van der Waals surface area contributed by atoms with Crippen molar-refractivity contribution in [2.75, 3.05) is 0 Å².